The molecule has 2 aliphatic carbocycles. The number of ether oxygens (including phenoxy) is 2. The molecule has 0 heterocycles. The number of hydrogen-bond donors (Lipinski definition) is 0. The van der Waals surface area contributed by atoms with E-state index in [1.807, 2.05) is 6.07 Å². The monoisotopic (exact) mass is 260 g/mol. The van der Waals surface area contributed by atoms with Crippen LogP contribution < -0.4 is 4.74 Å². The van der Waals surface area contributed by atoms with Gasteiger partial charge in [-0.2, -0.15) is 0 Å². The molecule has 0 amide bonds. The van der Waals surface area contributed by atoms with E-state index in [4.69, 9.17) is 9.47 Å². The molecular formula is C16H20O3. The molecule has 3 heteroatoms. The van der Waals surface area contributed by atoms with E-state index >= 15 is 0 Å². The maximum atomic E-state index is 11.7. The third-order valence-electron chi connectivity index (χ3n) is 4.14. The van der Waals surface area contributed by atoms with Gasteiger partial charge in [0.15, 0.2) is 0 Å². The molecular weight excluding hydrogens is 240 g/mol. The van der Waals surface area contributed by atoms with Gasteiger partial charge >= 0.3 is 5.97 Å². The van der Waals surface area contributed by atoms with Crippen LogP contribution in [0.3, 0.4) is 0 Å². The van der Waals surface area contributed by atoms with E-state index in [0.29, 0.717) is 0 Å². The van der Waals surface area contributed by atoms with E-state index in [2.05, 4.69) is 12.1 Å². The second-order valence-electron chi connectivity index (χ2n) is 5.58. The standard InChI is InChI=1S/C16H20O3/c1-18-15(17)16(9-10-16)19-14-8-7-12-5-3-2-4-6-13(12)11-14/h7-8,11H,2-6,9-10H2,1H3. The molecule has 3 nitrogen and oxygen atoms in total. The maximum Gasteiger partial charge on any atom is 0.350 e. The molecule has 1 fully saturated rings. The van der Waals surface area contributed by atoms with Crippen LogP contribution >= 0.6 is 0 Å². The summed E-state index contributed by atoms with van der Waals surface area (Å²) < 4.78 is 10.7. The Hall–Kier alpha value is -1.51. The number of carbonyl (C=O) groups excluding carboxylic acids is 1. The van der Waals surface area contributed by atoms with Crippen LogP contribution in [0.15, 0.2) is 18.2 Å². The van der Waals surface area contributed by atoms with Crippen molar-refractivity contribution < 1.29 is 14.3 Å². The predicted octanol–water partition coefficient (Wildman–Crippen LogP) is 3.04. The quantitative estimate of drug-likeness (QED) is 0.619. The number of esters is 1. The van der Waals surface area contributed by atoms with Gasteiger partial charge in [-0.25, -0.2) is 4.79 Å². The molecule has 2 aliphatic rings. The second-order valence-corrected chi connectivity index (χ2v) is 5.58. The highest BCUT2D eigenvalue weighted by atomic mass is 16.6. The van der Waals surface area contributed by atoms with Gasteiger partial charge in [-0.05, 0) is 48.9 Å². The molecule has 0 atom stereocenters. The van der Waals surface area contributed by atoms with Gasteiger partial charge in [-0.1, -0.05) is 12.5 Å². The van der Waals surface area contributed by atoms with E-state index in [-0.39, 0.29) is 5.97 Å². The normalized spacial score (nSPS) is 20.1. The minimum absolute atomic E-state index is 0.248. The largest absolute Gasteiger partial charge is 0.476 e. The molecule has 0 aliphatic heterocycles. The molecule has 1 aromatic carbocycles. The molecule has 0 N–H and O–H groups in total. The van der Waals surface area contributed by atoms with Crippen molar-refractivity contribution in [2.75, 3.05) is 7.11 Å². The summed E-state index contributed by atoms with van der Waals surface area (Å²) in [4.78, 5) is 11.7. The molecule has 0 radical (unpaired) electrons. The summed E-state index contributed by atoms with van der Waals surface area (Å²) in [6, 6.07) is 6.26. The van der Waals surface area contributed by atoms with Crippen molar-refractivity contribution in [2.45, 2.75) is 50.5 Å². The molecule has 1 saturated carbocycles. The van der Waals surface area contributed by atoms with Gasteiger partial charge in [-0.3, -0.25) is 0 Å². The van der Waals surface area contributed by atoms with E-state index in [1.54, 1.807) is 0 Å². The summed E-state index contributed by atoms with van der Waals surface area (Å²) in [6.07, 6.45) is 7.64. The second kappa shape index (κ2) is 4.87. The molecule has 1 aromatic rings. The van der Waals surface area contributed by atoms with Gasteiger partial charge in [0.25, 0.3) is 0 Å². The van der Waals surface area contributed by atoms with Crippen molar-refractivity contribution in [1.29, 1.82) is 0 Å². The van der Waals surface area contributed by atoms with Gasteiger partial charge in [0.2, 0.25) is 5.60 Å². The smallest absolute Gasteiger partial charge is 0.350 e. The average Bonchev–Trinajstić information content (AvgIpc) is 3.22. The van der Waals surface area contributed by atoms with Crippen molar-refractivity contribution in [3.63, 3.8) is 0 Å². The number of methoxy groups -OCH3 is 1. The fourth-order valence-electron chi connectivity index (χ4n) is 2.82. The van der Waals surface area contributed by atoms with Crippen LogP contribution in [0.25, 0.3) is 0 Å². The van der Waals surface area contributed by atoms with Crippen LogP contribution in [-0.4, -0.2) is 18.7 Å². The molecule has 0 aromatic heterocycles. The van der Waals surface area contributed by atoms with E-state index in [1.165, 1.54) is 37.5 Å². The Morgan fingerprint density at radius 2 is 1.84 bits per heavy atom. The maximum absolute atomic E-state index is 11.7. The van der Waals surface area contributed by atoms with Crippen molar-refractivity contribution >= 4 is 5.97 Å². The van der Waals surface area contributed by atoms with Crippen LogP contribution in [0.5, 0.6) is 5.75 Å². The zero-order valence-corrected chi connectivity index (χ0v) is 11.4. The molecule has 0 saturated heterocycles. The number of aryl methyl sites for hydroxylation is 2. The summed E-state index contributed by atoms with van der Waals surface area (Å²) in [5.41, 5.74) is 2.12. The Morgan fingerprint density at radius 1 is 1.11 bits per heavy atom. The summed E-state index contributed by atoms with van der Waals surface area (Å²) in [7, 11) is 1.42. The Bertz CT molecular complexity index is 489. The molecule has 102 valence electrons. The highest BCUT2D eigenvalue weighted by molar-refractivity contribution is 5.83. The first-order chi connectivity index (χ1) is 9.23. The lowest BCUT2D eigenvalue weighted by atomic mass is 10.0. The van der Waals surface area contributed by atoms with Gasteiger partial charge in [0, 0.05) is 12.8 Å². The van der Waals surface area contributed by atoms with Crippen LogP contribution in [0.2, 0.25) is 0 Å². The molecule has 3 rings (SSSR count). The van der Waals surface area contributed by atoms with Crippen LogP contribution in [0.4, 0.5) is 0 Å². The van der Waals surface area contributed by atoms with E-state index in [9.17, 15) is 4.79 Å². The molecule has 0 spiro atoms. The highest BCUT2D eigenvalue weighted by Gasteiger charge is 2.54. The highest BCUT2D eigenvalue weighted by Crippen LogP contribution is 2.41. The minimum Gasteiger partial charge on any atom is -0.476 e. The van der Waals surface area contributed by atoms with Crippen LogP contribution in [0, 0.1) is 0 Å². The first-order valence-electron chi connectivity index (χ1n) is 7.13. The molecule has 0 bridgehead atoms. The SMILES string of the molecule is COC(=O)C1(Oc2ccc3c(c2)CCCCC3)CC1. The third kappa shape index (κ3) is 2.46. The topological polar surface area (TPSA) is 35.5 Å². The van der Waals surface area contributed by atoms with Crippen molar-refractivity contribution in [3.8, 4) is 5.75 Å². The lowest BCUT2D eigenvalue weighted by Crippen LogP contribution is -2.30. The van der Waals surface area contributed by atoms with Crippen molar-refractivity contribution in [1.82, 2.24) is 0 Å². The Kier molecular flexibility index (Phi) is 3.21. The van der Waals surface area contributed by atoms with Gasteiger partial charge in [0.1, 0.15) is 5.75 Å². The van der Waals surface area contributed by atoms with Gasteiger partial charge in [0.05, 0.1) is 7.11 Å². The number of fused-ring (bicyclic) bond motifs is 1. The Morgan fingerprint density at radius 3 is 2.53 bits per heavy atom. The van der Waals surface area contributed by atoms with Gasteiger partial charge in [-0.15, -0.1) is 0 Å². The molecule has 19 heavy (non-hydrogen) atoms. The average molecular weight is 260 g/mol. The summed E-state index contributed by atoms with van der Waals surface area (Å²) >= 11 is 0. The van der Waals surface area contributed by atoms with Crippen molar-refractivity contribution in [3.05, 3.63) is 29.3 Å². The lowest BCUT2D eigenvalue weighted by molar-refractivity contribution is -0.151. The summed E-state index contributed by atoms with van der Waals surface area (Å²) in [5, 5.41) is 0. The van der Waals surface area contributed by atoms with Gasteiger partial charge < -0.3 is 9.47 Å². The third-order valence-corrected chi connectivity index (χ3v) is 4.14. The zero-order chi connectivity index (χ0) is 13.3. The number of benzene rings is 1. The number of rotatable bonds is 3. The minimum atomic E-state index is -0.701. The fourth-order valence-corrected chi connectivity index (χ4v) is 2.82. The zero-order valence-electron chi connectivity index (χ0n) is 11.4. The lowest BCUT2D eigenvalue weighted by Gasteiger charge is -2.17. The van der Waals surface area contributed by atoms with Crippen LogP contribution in [0.1, 0.15) is 43.2 Å². The van der Waals surface area contributed by atoms with Crippen LogP contribution in [-0.2, 0) is 22.4 Å². The summed E-state index contributed by atoms with van der Waals surface area (Å²) in [6.45, 7) is 0. The number of carbonyl (C=O) groups is 1. The summed E-state index contributed by atoms with van der Waals surface area (Å²) in [5.74, 6) is 0.561. The predicted molar refractivity (Wildman–Crippen MR) is 72.3 cm³/mol. The Labute approximate surface area is 113 Å². The molecule has 0 unspecified atom stereocenters. The number of hydrogen-bond acceptors (Lipinski definition) is 3. The van der Waals surface area contributed by atoms with E-state index < -0.39 is 5.60 Å². The van der Waals surface area contributed by atoms with E-state index in [0.717, 1.165) is 31.4 Å². The first-order valence-corrected chi connectivity index (χ1v) is 7.13. The van der Waals surface area contributed by atoms with Crippen molar-refractivity contribution in [2.24, 2.45) is 0 Å². The Balaban J connectivity index is 1.79. The first kappa shape index (κ1) is 12.5. The fraction of sp³-hybridized carbons (Fsp3) is 0.562.